The van der Waals surface area contributed by atoms with E-state index in [0.29, 0.717) is 11.4 Å². The molecule has 0 fully saturated rings. The van der Waals surface area contributed by atoms with Gasteiger partial charge in [0.2, 0.25) is 0 Å². The van der Waals surface area contributed by atoms with E-state index in [1.165, 1.54) is 22.4 Å². The summed E-state index contributed by atoms with van der Waals surface area (Å²) in [7, 11) is 0. The van der Waals surface area contributed by atoms with Gasteiger partial charge in [-0.3, -0.25) is 0 Å². The van der Waals surface area contributed by atoms with Gasteiger partial charge in [-0.25, -0.2) is 9.48 Å². The van der Waals surface area contributed by atoms with Gasteiger partial charge in [0.05, 0.1) is 6.20 Å². The molecule has 7 nitrogen and oxygen atoms in total. The normalized spacial score (nSPS) is 11.4. The first-order valence-electron chi connectivity index (χ1n) is 8.56. The van der Waals surface area contributed by atoms with E-state index in [2.05, 4.69) is 31.1 Å². The highest BCUT2D eigenvalue weighted by Gasteiger charge is 2.18. The third-order valence-corrected chi connectivity index (χ3v) is 4.40. The molecule has 0 aliphatic carbocycles. The smallest absolute Gasteiger partial charge is 0.339 e. The predicted octanol–water partition coefficient (Wildman–Crippen LogP) is 4.20. The van der Waals surface area contributed by atoms with Crippen LogP contribution in [0, 0.1) is 0 Å². The molecule has 0 aliphatic heterocycles. The zero-order valence-electron chi connectivity index (χ0n) is 15.7. The fraction of sp³-hybridized carbons (Fsp3) is 0.250. The molecule has 0 atom stereocenters. The molecule has 0 spiro atoms. The molecular weight excluding hydrogens is 382 g/mol. The lowest BCUT2D eigenvalue weighted by Crippen LogP contribution is -2.10. The highest BCUT2D eigenvalue weighted by Crippen LogP contribution is 2.30. The van der Waals surface area contributed by atoms with Crippen molar-refractivity contribution < 1.29 is 19.7 Å². The SMILES string of the molecule is CC(C)(C)c1ccc(OCc2cn(-c3cc(Cl)cc(C(=O)O)c3O)nn2)cc1. The first kappa shape index (κ1) is 19.7. The van der Waals surface area contributed by atoms with Crippen molar-refractivity contribution in [3.8, 4) is 17.2 Å². The van der Waals surface area contributed by atoms with Crippen molar-refractivity contribution in [1.29, 1.82) is 0 Å². The van der Waals surface area contributed by atoms with E-state index in [1.807, 2.05) is 24.3 Å². The Kier molecular flexibility index (Phi) is 5.29. The third kappa shape index (κ3) is 4.26. The molecule has 0 saturated heterocycles. The summed E-state index contributed by atoms with van der Waals surface area (Å²) in [5, 5.41) is 27.4. The van der Waals surface area contributed by atoms with Crippen molar-refractivity contribution in [2.24, 2.45) is 0 Å². The number of phenols is 1. The Morgan fingerprint density at radius 3 is 2.50 bits per heavy atom. The van der Waals surface area contributed by atoms with Crippen LogP contribution >= 0.6 is 11.6 Å². The summed E-state index contributed by atoms with van der Waals surface area (Å²) in [5.74, 6) is -1.03. The van der Waals surface area contributed by atoms with Crippen LogP contribution in [0.2, 0.25) is 5.02 Å². The lowest BCUT2D eigenvalue weighted by atomic mass is 9.87. The van der Waals surface area contributed by atoms with E-state index in [9.17, 15) is 9.90 Å². The molecule has 0 aliphatic rings. The van der Waals surface area contributed by atoms with Gasteiger partial charge < -0.3 is 14.9 Å². The minimum atomic E-state index is -1.29. The molecule has 1 aromatic heterocycles. The molecule has 0 bridgehead atoms. The molecule has 0 saturated carbocycles. The number of halogens is 1. The Morgan fingerprint density at radius 2 is 1.89 bits per heavy atom. The number of aromatic carboxylic acids is 1. The lowest BCUT2D eigenvalue weighted by Gasteiger charge is -2.19. The van der Waals surface area contributed by atoms with E-state index in [-0.39, 0.29) is 28.3 Å². The Labute approximate surface area is 167 Å². The highest BCUT2D eigenvalue weighted by atomic mass is 35.5. The molecule has 3 rings (SSSR count). The quantitative estimate of drug-likeness (QED) is 0.664. The van der Waals surface area contributed by atoms with Gasteiger partial charge in [-0.1, -0.05) is 49.7 Å². The van der Waals surface area contributed by atoms with Crippen LogP contribution in [0.3, 0.4) is 0 Å². The van der Waals surface area contributed by atoms with Gasteiger partial charge in [0.1, 0.15) is 29.3 Å². The van der Waals surface area contributed by atoms with Crippen molar-refractivity contribution >= 4 is 17.6 Å². The summed E-state index contributed by atoms with van der Waals surface area (Å²) in [6.45, 7) is 6.59. The minimum absolute atomic E-state index is 0.0645. The van der Waals surface area contributed by atoms with Crippen LogP contribution in [0.15, 0.2) is 42.6 Å². The average Bonchev–Trinajstić information content (AvgIpc) is 3.10. The van der Waals surface area contributed by atoms with Crippen molar-refractivity contribution in [2.45, 2.75) is 32.8 Å². The maximum absolute atomic E-state index is 11.2. The van der Waals surface area contributed by atoms with Gasteiger partial charge in [-0.05, 0) is 35.2 Å². The van der Waals surface area contributed by atoms with Gasteiger partial charge >= 0.3 is 5.97 Å². The molecule has 146 valence electrons. The van der Waals surface area contributed by atoms with Gasteiger partial charge in [0.25, 0.3) is 0 Å². The number of carboxylic acid groups (broad SMARTS) is 1. The monoisotopic (exact) mass is 401 g/mol. The lowest BCUT2D eigenvalue weighted by molar-refractivity contribution is 0.0693. The maximum Gasteiger partial charge on any atom is 0.339 e. The minimum Gasteiger partial charge on any atom is -0.505 e. The molecule has 8 heteroatoms. The number of nitrogens with zero attached hydrogens (tertiary/aromatic N) is 3. The Hall–Kier alpha value is -3.06. The summed E-state index contributed by atoms with van der Waals surface area (Å²) in [6, 6.07) is 10.4. The number of ether oxygens (including phenoxy) is 1. The van der Waals surface area contributed by atoms with E-state index < -0.39 is 11.7 Å². The van der Waals surface area contributed by atoms with Crippen molar-refractivity contribution in [3.63, 3.8) is 0 Å². The average molecular weight is 402 g/mol. The second kappa shape index (κ2) is 7.52. The summed E-state index contributed by atoms with van der Waals surface area (Å²) in [6.07, 6.45) is 1.54. The van der Waals surface area contributed by atoms with Crippen LogP contribution in [-0.2, 0) is 12.0 Å². The summed E-state index contributed by atoms with van der Waals surface area (Å²) >= 11 is 5.95. The number of aromatic hydroxyl groups is 1. The zero-order chi connectivity index (χ0) is 20.5. The second-order valence-electron chi connectivity index (χ2n) is 7.34. The van der Waals surface area contributed by atoms with E-state index in [0.717, 1.165) is 0 Å². The Morgan fingerprint density at radius 1 is 1.21 bits per heavy atom. The third-order valence-electron chi connectivity index (χ3n) is 4.18. The van der Waals surface area contributed by atoms with E-state index >= 15 is 0 Å². The molecular formula is C20H20ClN3O4. The summed E-state index contributed by atoms with van der Waals surface area (Å²) in [4.78, 5) is 11.2. The van der Waals surface area contributed by atoms with Crippen LogP contribution in [0.5, 0.6) is 11.5 Å². The molecule has 1 heterocycles. The number of hydrogen-bond acceptors (Lipinski definition) is 5. The Bertz CT molecular complexity index is 1010. The maximum atomic E-state index is 11.2. The summed E-state index contributed by atoms with van der Waals surface area (Å²) in [5.41, 5.74) is 1.59. The van der Waals surface area contributed by atoms with Crippen molar-refractivity contribution in [3.05, 3.63) is 64.4 Å². The Balaban J connectivity index is 1.76. The van der Waals surface area contributed by atoms with E-state index in [4.69, 9.17) is 21.4 Å². The molecule has 0 amide bonds. The number of hydrogen-bond donors (Lipinski definition) is 2. The zero-order valence-corrected chi connectivity index (χ0v) is 16.4. The van der Waals surface area contributed by atoms with Crippen molar-refractivity contribution in [1.82, 2.24) is 15.0 Å². The molecule has 28 heavy (non-hydrogen) atoms. The summed E-state index contributed by atoms with van der Waals surface area (Å²) < 4.78 is 6.99. The number of benzene rings is 2. The molecule has 2 aromatic carbocycles. The second-order valence-corrected chi connectivity index (χ2v) is 7.78. The van der Waals surface area contributed by atoms with Gasteiger partial charge in [-0.2, -0.15) is 0 Å². The number of rotatable bonds is 5. The fourth-order valence-corrected chi connectivity index (χ4v) is 2.83. The van der Waals surface area contributed by atoms with Crippen LogP contribution in [0.4, 0.5) is 0 Å². The topological polar surface area (TPSA) is 97.5 Å². The van der Waals surface area contributed by atoms with Gasteiger partial charge in [-0.15, -0.1) is 5.10 Å². The first-order chi connectivity index (χ1) is 13.1. The van der Waals surface area contributed by atoms with Crippen LogP contribution < -0.4 is 4.74 Å². The fourth-order valence-electron chi connectivity index (χ4n) is 2.61. The molecule has 0 unspecified atom stereocenters. The molecule has 3 aromatic rings. The molecule has 0 radical (unpaired) electrons. The largest absolute Gasteiger partial charge is 0.505 e. The van der Waals surface area contributed by atoms with Gasteiger partial charge in [0.15, 0.2) is 5.75 Å². The van der Waals surface area contributed by atoms with Crippen LogP contribution in [-0.4, -0.2) is 31.2 Å². The van der Waals surface area contributed by atoms with Crippen LogP contribution in [0.25, 0.3) is 5.69 Å². The van der Waals surface area contributed by atoms with E-state index in [1.54, 1.807) is 6.20 Å². The molecule has 2 N–H and O–H groups in total. The predicted molar refractivity (Wildman–Crippen MR) is 104 cm³/mol. The first-order valence-corrected chi connectivity index (χ1v) is 8.93. The number of carboxylic acids is 1. The number of aromatic nitrogens is 3. The highest BCUT2D eigenvalue weighted by molar-refractivity contribution is 6.31. The van der Waals surface area contributed by atoms with Crippen LogP contribution in [0.1, 0.15) is 42.4 Å². The number of carbonyl (C=O) groups is 1. The van der Waals surface area contributed by atoms with Gasteiger partial charge in [0, 0.05) is 5.02 Å². The van der Waals surface area contributed by atoms with Crippen molar-refractivity contribution in [2.75, 3.05) is 0 Å². The standard InChI is InChI=1S/C20H20ClN3O4/c1-20(2,3)12-4-6-15(7-5-12)28-11-14-10-24(23-22-14)17-9-13(21)8-16(18(17)25)19(26)27/h4-10,25H,11H2,1-3H3,(H,26,27).